The molecule has 3 aromatic rings. The van der Waals surface area contributed by atoms with Gasteiger partial charge >= 0.3 is 0 Å². The van der Waals surface area contributed by atoms with E-state index in [0.29, 0.717) is 17.0 Å². The summed E-state index contributed by atoms with van der Waals surface area (Å²) in [6, 6.07) is 8.98. The van der Waals surface area contributed by atoms with Crippen LogP contribution < -0.4 is 10.9 Å². The van der Waals surface area contributed by atoms with Crippen molar-refractivity contribution in [1.29, 1.82) is 0 Å². The van der Waals surface area contributed by atoms with Crippen LogP contribution in [0.5, 0.6) is 0 Å². The Morgan fingerprint density at radius 3 is 2.72 bits per heavy atom. The highest BCUT2D eigenvalue weighted by molar-refractivity contribution is 5.95. The predicted octanol–water partition coefficient (Wildman–Crippen LogP) is 3.08. The van der Waals surface area contributed by atoms with Crippen LogP contribution in [0.2, 0.25) is 0 Å². The number of fused-ring (bicyclic) bond motifs is 1. The maximum absolute atomic E-state index is 12.7. The number of aromatic amines is 2. The summed E-state index contributed by atoms with van der Waals surface area (Å²) in [6.45, 7) is 5.96. The molecule has 130 valence electrons. The first-order valence-electron chi connectivity index (χ1n) is 8.39. The molecule has 0 radical (unpaired) electrons. The van der Waals surface area contributed by atoms with Crippen molar-refractivity contribution in [2.24, 2.45) is 5.92 Å². The molecule has 2 aromatic heterocycles. The first-order valence-corrected chi connectivity index (χ1v) is 8.39. The number of imidazole rings is 1. The van der Waals surface area contributed by atoms with E-state index in [1.807, 2.05) is 24.3 Å². The van der Waals surface area contributed by atoms with Crippen molar-refractivity contribution in [2.45, 2.75) is 33.2 Å². The molecule has 1 atom stereocenters. The summed E-state index contributed by atoms with van der Waals surface area (Å²) < 4.78 is 0. The Bertz CT molecular complexity index is 922. The van der Waals surface area contributed by atoms with Crippen molar-refractivity contribution in [3.63, 3.8) is 0 Å². The number of amides is 1. The second-order valence-electron chi connectivity index (χ2n) is 6.69. The highest BCUT2D eigenvalue weighted by atomic mass is 16.2. The molecule has 0 aliphatic heterocycles. The van der Waals surface area contributed by atoms with Gasteiger partial charge < -0.3 is 15.3 Å². The summed E-state index contributed by atoms with van der Waals surface area (Å²) in [5.41, 5.74) is 2.71. The van der Waals surface area contributed by atoms with Crippen LogP contribution in [-0.2, 0) is 0 Å². The highest BCUT2D eigenvalue weighted by Gasteiger charge is 2.21. The zero-order valence-electron chi connectivity index (χ0n) is 14.6. The minimum atomic E-state index is -0.230. The fourth-order valence-electron chi connectivity index (χ4n) is 2.90. The van der Waals surface area contributed by atoms with Gasteiger partial charge in [0.05, 0.1) is 22.6 Å². The van der Waals surface area contributed by atoms with Gasteiger partial charge in [-0.15, -0.1) is 0 Å². The Morgan fingerprint density at radius 1 is 1.28 bits per heavy atom. The smallest absolute Gasteiger partial charge is 0.253 e. The normalized spacial score (nSPS) is 12.5. The number of aryl methyl sites for hydroxylation is 1. The molecular formula is C19H22N4O2. The fourth-order valence-corrected chi connectivity index (χ4v) is 2.90. The van der Waals surface area contributed by atoms with Crippen LogP contribution >= 0.6 is 0 Å². The average Bonchev–Trinajstić information content (AvgIpc) is 2.97. The van der Waals surface area contributed by atoms with E-state index in [4.69, 9.17) is 0 Å². The van der Waals surface area contributed by atoms with Gasteiger partial charge in [0.15, 0.2) is 0 Å². The molecule has 0 aliphatic rings. The van der Waals surface area contributed by atoms with Gasteiger partial charge in [-0.25, -0.2) is 4.98 Å². The second-order valence-corrected chi connectivity index (χ2v) is 6.69. The Labute approximate surface area is 145 Å². The number of benzene rings is 1. The zero-order valence-corrected chi connectivity index (χ0v) is 14.6. The van der Waals surface area contributed by atoms with Crippen molar-refractivity contribution in [3.8, 4) is 0 Å². The van der Waals surface area contributed by atoms with E-state index in [1.54, 1.807) is 6.92 Å². The minimum Gasteiger partial charge on any atom is -0.342 e. The number of carbonyl (C=O) groups is 1. The van der Waals surface area contributed by atoms with Crippen molar-refractivity contribution >= 4 is 16.9 Å². The van der Waals surface area contributed by atoms with Crippen LogP contribution in [0, 0.1) is 12.8 Å². The summed E-state index contributed by atoms with van der Waals surface area (Å²) in [5.74, 6) is 0.903. The number of hydrogen-bond acceptors (Lipinski definition) is 3. The molecule has 0 fully saturated rings. The Morgan fingerprint density at radius 2 is 2.04 bits per heavy atom. The van der Waals surface area contributed by atoms with Gasteiger partial charge in [0, 0.05) is 12.3 Å². The summed E-state index contributed by atoms with van der Waals surface area (Å²) in [5, 5.41) is 3.05. The lowest BCUT2D eigenvalue weighted by atomic mass is 10.0. The second kappa shape index (κ2) is 6.93. The third kappa shape index (κ3) is 3.79. The summed E-state index contributed by atoms with van der Waals surface area (Å²) in [4.78, 5) is 34.5. The lowest BCUT2D eigenvalue weighted by Crippen LogP contribution is -2.31. The third-order valence-corrected chi connectivity index (χ3v) is 4.13. The summed E-state index contributed by atoms with van der Waals surface area (Å²) in [6.07, 6.45) is 2.21. The number of rotatable bonds is 5. The number of H-pyrrole nitrogens is 2. The van der Waals surface area contributed by atoms with Crippen LogP contribution in [-0.4, -0.2) is 20.9 Å². The van der Waals surface area contributed by atoms with Crippen molar-refractivity contribution in [2.75, 3.05) is 0 Å². The predicted molar refractivity (Wildman–Crippen MR) is 97.6 cm³/mol. The molecule has 0 saturated carbocycles. The topological polar surface area (TPSA) is 90.6 Å². The van der Waals surface area contributed by atoms with Crippen molar-refractivity contribution < 1.29 is 4.79 Å². The number of carbonyl (C=O) groups excluding carboxylic acids is 1. The maximum atomic E-state index is 12.7. The Kier molecular flexibility index (Phi) is 4.70. The zero-order chi connectivity index (χ0) is 18.0. The monoisotopic (exact) mass is 338 g/mol. The Hall–Kier alpha value is -2.89. The lowest BCUT2D eigenvalue weighted by molar-refractivity contribution is 0.0929. The van der Waals surface area contributed by atoms with E-state index in [2.05, 4.69) is 34.1 Å². The number of pyridine rings is 1. The summed E-state index contributed by atoms with van der Waals surface area (Å²) in [7, 11) is 0. The SMILES string of the molecule is Cc1cc(=O)[nH]cc1C(=O)N[C@@H](CC(C)C)c1nc2ccccc2[nH]1. The number of hydrogen-bond donors (Lipinski definition) is 3. The lowest BCUT2D eigenvalue weighted by Gasteiger charge is -2.19. The molecule has 0 bridgehead atoms. The number of aromatic nitrogens is 3. The third-order valence-electron chi connectivity index (χ3n) is 4.13. The van der Waals surface area contributed by atoms with E-state index >= 15 is 0 Å². The van der Waals surface area contributed by atoms with Gasteiger partial charge in [-0.2, -0.15) is 0 Å². The van der Waals surface area contributed by atoms with E-state index < -0.39 is 0 Å². The van der Waals surface area contributed by atoms with E-state index in [9.17, 15) is 9.59 Å². The van der Waals surface area contributed by atoms with Crippen LogP contribution in [0.25, 0.3) is 11.0 Å². The van der Waals surface area contributed by atoms with Gasteiger partial charge in [-0.3, -0.25) is 9.59 Å². The van der Waals surface area contributed by atoms with Crippen LogP contribution in [0.15, 0.2) is 41.3 Å². The average molecular weight is 338 g/mol. The molecule has 0 aliphatic carbocycles. The van der Waals surface area contributed by atoms with E-state index in [0.717, 1.165) is 23.3 Å². The maximum Gasteiger partial charge on any atom is 0.253 e. The van der Waals surface area contributed by atoms with E-state index in [-0.39, 0.29) is 17.5 Å². The van der Waals surface area contributed by atoms with E-state index in [1.165, 1.54) is 12.3 Å². The molecule has 6 nitrogen and oxygen atoms in total. The van der Waals surface area contributed by atoms with Gasteiger partial charge in [0.2, 0.25) is 5.56 Å². The van der Waals surface area contributed by atoms with Crippen LogP contribution in [0.4, 0.5) is 0 Å². The summed E-state index contributed by atoms with van der Waals surface area (Å²) >= 11 is 0. The standard InChI is InChI=1S/C19H22N4O2/c1-11(2)8-16(18-21-14-6-4-5-7-15(14)22-18)23-19(25)13-10-20-17(24)9-12(13)3/h4-7,9-11,16H,8H2,1-3H3,(H,20,24)(H,21,22)(H,23,25)/t16-/m0/s1. The molecule has 2 heterocycles. The van der Waals surface area contributed by atoms with Gasteiger partial charge in [0.25, 0.3) is 5.91 Å². The first-order chi connectivity index (χ1) is 11.9. The van der Waals surface area contributed by atoms with Crippen molar-refractivity contribution in [1.82, 2.24) is 20.3 Å². The van der Waals surface area contributed by atoms with Gasteiger partial charge in [0.1, 0.15) is 5.82 Å². The molecular weight excluding hydrogens is 316 g/mol. The molecule has 3 rings (SSSR count). The number of nitrogens with zero attached hydrogens (tertiary/aromatic N) is 1. The molecule has 0 spiro atoms. The molecule has 1 aromatic carbocycles. The van der Waals surface area contributed by atoms with Gasteiger partial charge in [-0.1, -0.05) is 26.0 Å². The number of nitrogens with one attached hydrogen (secondary N) is 3. The molecule has 6 heteroatoms. The molecule has 0 saturated heterocycles. The quantitative estimate of drug-likeness (QED) is 0.668. The largest absolute Gasteiger partial charge is 0.342 e. The molecule has 0 unspecified atom stereocenters. The van der Waals surface area contributed by atoms with Crippen LogP contribution in [0.3, 0.4) is 0 Å². The first kappa shape index (κ1) is 17.0. The Balaban J connectivity index is 1.90. The molecule has 3 N–H and O–H groups in total. The van der Waals surface area contributed by atoms with Crippen LogP contribution in [0.1, 0.15) is 48.1 Å². The minimum absolute atomic E-state index is 0.218. The fraction of sp³-hybridized carbons (Fsp3) is 0.316. The number of para-hydroxylation sites is 2. The highest BCUT2D eigenvalue weighted by Crippen LogP contribution is 2.22. The molecule has 25 heavy (non-hydrogen) atoms. The van der Waals surface area contributed by atoms with Crippen molar-refractivity contribution in [3.05, 3.63) is 63.8 Å². The van der Waals surface area contributed by atoms with Gasteiger partial charge in [-0.05, 0) is 37.0 Å². The molecule has 1 amide bonds.